The lowest BCUT2D eigenvalue weighted by Crippen LogP contribution is -2.55. The highest BCUT2D eigenvalue weighted by atomic mass is 32.2. The van der Waals surface area contributed by atoms with Gasteiger partial charge in [0.15, 0.2) is 5.96 Å². The Morgan fingerprint density at radius 3 is 2.50 bits per heavy atom. The van der Waals surface area contributed by atoms with Gasteiger partial charge in [0.25, 0.3) is 5.91 Å². The van der Waals surface area contributed by atoms with Crippen LogP contribution in [-0.2, 0) is 9.53 Å². The van der Waals surface area contributed by atoms with Gasteiger partial charge in [0.05, 0.1) is 6.54 Å². The third-order valence-electron chi connectivity index (χ3n) is 4.59. The monoisotopic (exact) mass is 356 g/mol. The Labute approximate surface area is 150 Å². The first kappa shape index (κ1) is 19.4. The van der Waals surface area contributed by atoms with Crippen molar-refractivity contribution in [3.63, 3.8) is 0 Å². The summed E-state index contributed by atoms with van der Waals surface area (Å²) < 4.78 is 5.66. The fourth-order valence-corrected chi connectivity index (χ4v) is 3.06. The molecule has 2 rings (SSSR count). The summed E-state index contributed by atoms with van der Waals surface area (Å²) >= 11 is 1.83. The predicted molar refractivity (Wildman–Crippen MR) is 101 cm³/mol. The molecule has 1 N–H and O–H groups in total. The molecule has 1 unspecified atom stereocenters. The Hall–Kier alpha value is -0.950. The first-order chi connectivity index (χ1) is 11.5. The normalized spacial score (nSPS) is 22.8. The quantitative estimate of drug-likeness (QED) is 0.596. The van der Waals surface area contributed by atoms with Crippen LogP contribution in [0.25, 0.3) is 0 Å². The van der Waals surface area contributed by atoms with E-state index in [0.29, 0.717) is 0 Å². The molecule has 2 aliphatic rings. The number of guanidine groups is 1. The molecule has 0 saturated carbocycles. The van der Waals surface area contributed by atoms with Crippen molar-refractivity contribution >= 4 is 23.6 Å². The molecule has 24 heavy (non-hydrogen) atoms. The van der Waals surface area contributed by atoms with Crippen molar-refractivity contribution in [3.05, 3.63) is 0 Å². The minimum Gasteiger partial charge on any atom is -0.368 e. The summed E-state index contributed by atoms with van der Waals surface area (Å²) in [6.45, 7) is 12.0. The number of carbonyl (C=O) groups is 1. The van der Waals surface area contributed by atoms with E-state index in [2.05, 4.69) is 37.2 Å². The van der Waals surface area contributed by atoms with Gasteiger partial charge >= 0.3 is 0 Å². The van der Waals surface area contributed by atoms with E-state index >= 15 is 0 Å². The SMILES string of the molecule is CCNC(=NCC(C)(C)SC)N1CCN(C(=O)C2CCCO2)CC1. The second kappa shape index (κ2) is 8.94. The summed E-state index contributed by atoms with van der Waals surface area (Å²) in [6.07, 6.45) is 3.78. The lowest BCUT2D eigenvalue weighted by Gasteiger charge is -2.37. The number of thioether (sulfide) groups is 1. The van der Waals surface area contributed by atoms with Crippen LogP contribution in [0.4, 0.5) is 0 Å². The van der Waals surface area contributed by atoms with Crippen LogP contribution in [0.3, 0.4) is 0 Å². The lowest BCUT2D eigenvalue weighted by molar-refractivity contribution is -0.142. The minimum atomic E-state index is -0.208. The molecule has 138 valence electrons. The van der Waals surface area contributed by atoms with Crippen LogP contribution in [0.2, 0.25) is 0 Å². The predicted octanol–water partition coefficient (Wildman–Crippen LogP) is 1.42. The largest absolute Gasteiger partial charge is 0.368 e. The lowest BCUT2D eigenvalue weighted by atomic mass is 10.2. The summed E-state index contributed by atoms with van der Waals surface area (Å²) in [7, 11) is 0. The van der Waals surface area contributed by atoms with Crippen molar-refractivity contribution < 1.29 is 9.53 Å². The Kier molecular flexibility index (Phi) is 7.22. The van der Waals surface area contributed by atoms with Crippen LogP contribution in [0.5, 0.6) is 0 Å². The number of hydrogen-bond acceptors (Lipinski definition) is 4. The van der Waals surface area contributed by atoms with Gasteiger partial charge in [-0.3, -0.25) is 9.79 Å². The Morgan fingerprint density at radius 1 is 1.29 bits per heavy atom. The molecule has 2 fully saturated rings. The molecule has 0 aromatic carbocycles. The zero-order valence-electron chi connectivity index (χ0n) is 15.5. The maximum atomic E-state index is 12.4. The molecule has 0 aromatic heterocycles. The fourth-order valence-electron chi connectivity index (χ4n) is 2.87. The van der Waals surface area contributed by atoms with Crippen molar-refractivity contribution in [1.29, 1.82) is 0 Å². The van der Waals surface area contributed by atoms with E-state index in [0.717, 1.165) is 64.7 Å². The maximum absolute atomic E-state index is 12.4. The topological polar surface area (TPSA) is 57.2 Å². The first-order valence-electron chi connectivity index (χ1n) is 8.95. The molecule has 0 spiro atoms. The van der Waals surface area contributed by atoms with Crippen molar-refractivity contribution in [2.24, 2.45) is 4.99 Å². The van der Waals surface area contributed by atoms with Crippen LogP contribution in [0, 0.1) is 0 Å². The molecule has 0 aromatic rings. The molecule has 7 heteroatoms. The smallest absolute Gasteiger partial charge is 0.251 e. The molecule has 6 nitrogen and oxygen atoms in total. The second-order valence-corrected chi connectivity index (χ2v) is 8.46. The number of carbonyl (C=O) groups excluding carboxylic acids is 1. The summed E-state index contributed by atoms with van der Waals surface area (Å²) in [6, 6.07) is 0. The van der Waals surface area contributed by atoms with Gasteiger partial charge in [-0.1, -0.05) is 0 Å². The molecule has 0 aliphatic carbocycles. The van der Waals surface area contributed by atoms with Gasteiger partial charge in [-0.05, 0) is 39.9 Å². The van der Waals surface area contributed by atoms with Gasteiger partial charge in [0.1, 0.15) is 6.10 Å². The average Bonchev–Trinajstić information content (AvgIpc) is 3.13. The molecule has 1 amide bonds. The highest BCUT2D eigenvalue weighted by Gasteiger charge is 2.31. The van der Waals surface area contributed by atoms with Gasteiger partial charge in [-0.2, -0.15) is 11.8 Å². The van der Waals surface area contributed by atoms with E-state index in [4.69, 9.17) is 9.73 Å². The zero-order valence-corrected chi connectivity index (χ0v) is 16.3. The van der Waals surface area contributed by atoms with Crippen molar-refractivity contribution in [2.75, 3.05) is 52.1 Å². The number of piperazine rings is 1. The Bertz CT molecular complexity index is 442. The van der Waals surface area contributed by atoms with Crippen molar-refractivity contribution in [3.8, 4) is 0 Å². The number of nitrogens with one attached hydrogen (secondary N) is 1. The second-order valence-electron chi connectivity index (χ2n) is 6.95. The number of ether oxygens (including phenoxy) is 1. The molecular formula is C17H32N4O2S. The summed E-state index contributed by atoms with van der Waals surface area (Å²) in [5, 5.41) is 3.39. The Morgan fingerprint density at radius 2 is 1.96 bits per heavy atom. The fraction of sp³-hybridized carbons (Fsp3) is 0.882. The van der Waals surface area contributed by atoms with Crippen LogP contribution < -0.4 is 5.32 Å². The molecule has 0 bridgehead atoms. The number of hydrogen-bond donors (Lipinski definition) is 1. The summed E-state index contributed by atoms with van der Waals surface area (Å²) in [4.78, 5) is 21.5. The standard InChI is InChI=1S/C17H32N4O2S/c1-5-18-16(19-13-17(2,3)24-4)21-10-8-20(9-11-21)15(22)14-7-6-12-23-14/h14H,5-13H2,1-4H3,(H,18,19). The Balaban J connectivity index is 1.89. The average molecular weight is 357 g/mol. The van der Waals surface area contributed by atoms with Crippen molar-refractivity contribution in [2.45, 2.75) is 44.5 Å². The van der Waals surface area contributed by atoms with E-state index in [1.165, 1.54) is 0 Å². The van der Waals surface area contributed by atoms with Crippen LogP contribution >= 0.6 is 11.8 Å². The number of rotatable bonds is 5. The van der Waals surface area contributed by atoms with E-state index in [1.54, 1.807) is 0 Å². The summed E-state index contributed by atoms with van der Waals surface area (Å²) in [5.74, 6) is 1.13. The molecule has 0 radical (unpaired) electrons. The van der Waals surface area contributed by atoms with Gasteiger partial charge in [-0.15, -0.1) is 0 Å². The third kappa shape index (κ3) is 5.28. The highest BCUT2D eigenvalue weighted by molar-refractivity contribution is 7.99. The van der Waals surface area contributed by atoms with E-state index in [9.17, 15) is 4.79 Å². The van der Waals surface area contributed by atoms with E-state index < -0.39 is 0 Å². The third-order valence-corrected chi connectivity index (χ3v) is 5.83. The number of amides is 1. The zero-order chi connectivity index (χ0) is 17.6. The highest BCUT2D eigenvalue weighted by Crippen LogP contribution is 2.21. The van der Waals surface area contributed by atoms with Crippen LogP contribution in [0.1, 0.15) is 33.6 Å². The molecule has 2 heterocycles. The van der Waals surface area contributed by atoms with Gasteiger partial charge in [-0.25, -0.2) is 0 Å². The maximum Gasteiger partial charge on any atom is 0.251 e. The van der Waals surface area contributed by atoms with E-state index in [1.807, 2.05) is 16.7 Å². The first-order valence-corrected chi connectivity index (χ1v) is 10.2. The molecule has 2 aliphatic heterocycles. The van der Waals surface area contributed by atoms with Gasteiger partial charge < -0.3 is 19.9 Å². The number of aliphatic imine (C=N–C) groups is 1. The number of nitrogens with zero attached hydrogens (tertiary/aromatic N) is 3. The van der Waals surface area contributed by atoms with Gasteiger partial charge in [0, 0.05) is 44.1 Å². The van der Waals surface area contributed by atoms with E-state index in [-0.39, 0.29) is 16.8 Å². The molecular weight excluding hydrogens is 324 g/mol. The van der Waals surface area contributed by atoms with Crippen LogP contribution in [0.15, 0.2) is 4.99 Å². The summed E-state index contributed by atoms with van der Waals surface area (Å²) in [5.41, 5.74) is 0. The molecule has 1 atom stereocenters. The minimum absolute atomic E-state index is 0.137. The van der Waals surface area contributed by atoms with Crippen molar-refractivity contribution in [1.82, 2.24) is 15.1 Å². The van der Waals surface area contributed by atoms with Gasteiger partial charge in [0.2, 0.25) is 0 Å². The van der Waals surface area contributed by atoms with Crippen LogP contribution in [-0.4, -0.2) is 84.6 Å². The molecule has 2 saturated heterocycles.